The molecular formula is C17H20BrNO. The minimum atomic E-state index is 0.239. The molecule has 1 aromatic carbocycles. The number of terminal acetylenes is 1. The average Bonchev–Trinajstić information content (AvgIpc) is 2.88. The molecule has 0 amide bonds. The highest BCUT2D eigenvalue weighted by molar-refractivity contribution is 9.10. The Balaban J connectivity index is 2.20. The summed E-state index contributed by atoms with van der Waals surface area (Å²) in [6.45, 7) is 3.15. The first-order valence-corrected chi connectivity index (χ1v) is 7.90. The fourth-order valence-corrected chi connectivity index (χ4v) is 2.75. The maximum Gasteiger partial charge on any atom is 0.148 e. The van der Waals surface area contributed by atoms with Gasteiger partial charge in [0.1, 0.15) is 11.3 Å². The third-order valence-electron chi connectivity index (χ3n) is 3.31. The topological polar surface area (TPSA) is 25.2 Å². The molecule has 0 bridgehead atoms. The molecule has 1 N–H and O–H groups in total. The molecular weight excluding hydrogens is 314 g/mol. The largest absolute Gasteiger partial charge is 0.458 e. The van der Waals surface area contributed by atoms with Crippen molar-refractivity contribution in [2.45, 2.75) is 38.6 Å². The van der Waals surface area contributed by atoms with E-state index in [1.54, 1.807) is 0 Å². The fourth-order valence-electron chi connectivity index (χ4n) is 2.29. The number of unbranched alkanes of at least 4 members (excludes halogenated alkanes) is 1. The van der Waals surface area contributed by atoms with E-state index in [2.05, 4.69) is 46.2 Å². The van der Waals surface area contributed by atoms with E-state index in [1.807, 2.05) is 12.1 Å². The first-order chi connectivity index (χ1) is 9.76. The van der Waals surface area contributed by atoms with Crippen molar-refractivity contribution in [1.82, 2.24) is 5.32 Å². The van der Waals surface area contributed by atoms with E-state index < -0.39 is 0 Å². The Morgan fingerprint density at radius 1 is 1.45 bits per heavy atom. The Kier molecular flexibility index (Phi) is 5.70. The Bertz CT molecular complexity index is 597. The van der Waals surface area contributed by atoms with Crippen molar-refractivity contribution in [3.8, 4) is 12.3 Å². The summed E-state index contributed by atoms with van der Waals surface area (Å²) in [4.78, 5) is 0. The zero-order chi connectivity index (χ0) is 14.4. The van der Waals surface area contributed by atoms with E-state index in [0.717, 1.165) is 53.4 Å². The number of hydrogen-bond acceptors (Lipinski definition) is 2. The van der Waals surface area contributed by atoms with E-state index in [1.165, 1.54) is 0 Å². The molecule has 0 fully saturated rings. The van der Waals surface area contributed by atoms with Crippen molar-refractivity contribution in [3.05, 3.63) is 34.5 Å². The van der Waals surface area contributed by atoms with Gasteiger partial charge < -0.3 is 9.73 Å². The van der Waals surface area contributed by atoms with Crippen molar-refractivity contribution < 1.29 is 4.42 Å². The molecule has 106 valence electrons. The molecule has 0 spiro atoms. The highest BCUT2D eigenvalue weighted by atomic mass is 79.9. The predicted octanol–water partition coefficient (Wildman–Crippen LogP) is 5.04. The van der Waals surface area contributed by atoms with E-state index in [4.69, 9.17) is 10.8 Å². The van der Waals surface area contributed by atoms with Crippen LogP contribution in [0.15, 0.2) is 33.2 Å². The van der Waals surface area contributed by atoms with Gasteiger partial charge in [-0.25, -0.2) is 0 Å². The molecule has 0 aliphatic heterocycles. The van der Waals surface area contributed by atoms with E-state index >= 15 is 0 Å². The summed E-state index contributed by atoms with van der Waals surface area (Å²) in [7, 11) is 0. The summed E-state index contributed by atoms with van der Waals surface area (Å²) >= 11 is 3.54. The van der Waals surface area contributed by atoms with E-state index in [9.17, 15) is 0 Å². The van der Waals surface area contributed by atoms with Crippen molar-refractivity contribution in [2.75, 3.05) is 6.54 Å². The quantitative estimate of drug-likeness (QED) is 0.567. The number of nitrogens with one attached hydrogen (secondary N) is 1. The van der Waals surface area contributed by atoms with Gasteiger partial charge in [-0.15, -0.1) is 12.3 Å². The molecule has 0 saturated carbocycles. The Labute approximate surface area is 129 Å². The standard InChI is InChI=1S/C17H20BrNO/c1-3-5-6-10-15(19-11-4-2)16-12-13-8-7-9-14(18)17(13)20-16/h1,7-9,12,15,19H,4-6,10-11H2,2H3. The van der Waals surface area contributed by atoms with Gasteiger partial charge in [0, 0.05) is 11.8 Å². The van der Waals surface area contributed by atoms with Crippen LogP contribution in [0.2, 0.25) is 0 Å². The molecule has 0 saturated heterocycles. The molecule has 0 aliphatic carbocycles. The van der Waals surface area contributed by atoms with Gasteiger partial charge in [0.2, 0.25) is 0 Å². The molecule has 1 heterocycles. The Morgan fingerprint density at radius 2 is 2.30 bits per heavy atom. The lowest BCUT2D eigenvalue weighted by Gasteiger charge is -2.15. The first kappa shape index (κ1) is 15.2. The highest BCUT2D eigenvalue weighted by Crippen LogP contribution is 2.31. The molecule has 2 rings (SSSR count). The number of fused-ring (bicyclic) bond motifs is 1. The van der Waals surface area contributed by atoms with Crippen LogP contribution in [0.4, 0.5) is 0 Å². The van der Waals surface area contributed by atoms with Gasteiger partial charge in [-0.2, -0.15) is 0 Å². The van der Waals surface area contributed by atoms with Crippen molar-refractivity contribution in [1.29, 1.82) is 0 Å². The lowest BCUT2D eigenvalue weighted by molar-refractivity contribution is 0.404. The summed E-state index contributed by atoms with van der Waals surface area (Å²) in [5.74, 6) is 3.70. The van der Waals surface area contributed by atoms with Gasteiger partial charge in [-0.3, -0.25) is 0 Å². The van der Waals surface area contributed by atoms with Crippen LogP contribution in [0.5, 0.6) is 0 Å². The lowest BCUT2D eigenvalue weighted by Crippen LogP contribution is -2.21. The molecule has 0 aliphatic rings. The number of rotatable bonds is 7. The van der Waals surface area contributed by atoms with Gasteiger partial charge in [-0.05, 0) is 53.9 Å². The van der Waals surface area contributed by atoms with Crippen molar-refractivity contribution in [3.63, 3.8) is 0 Å². The van der Waals surface area contributed by atoms with E-state index in [0.29, 0.717) is 0 Å². The van der Waals surface area contributed by atoms with Crippen LogP contribution in [0.25, 0.3) is 11.0 Å². The van der Waals surface area contributed by atoms with Crippen LogP contribution in [-0.2, 0) is 0 Å². The number of hydrogen-bond donors (Lipinski definition) is 1. The normalized spacial score (nSPS) is 12.4. The van der Waals surface area contributed by atoms with Gasteiger partial charge >= 0.3 is 0 Å². The second-order valence-electron chi connectivity index (χ2n) is 4.91. The monoisotopic (exact) mass is 333 g/mol. The SMILES string of the molecule is C#CCCCC(NCCC)c1cc2cccc(Br)c2o1. The van der Waals surface area contributed by atoms with Crippen molar-refractivity contribution >= 4 is 26.9 Å². The zero-order valence-electron chi connectivity index (χ0n) is 11.8. The van der Waals surface area contributed by atoms with E-state index in [-0.39, 0.29) is 6.04 Å². The van der Waals surface area contributed by atoms with Gasteiger partial charge in [-0.1, -0.05) is 19.1 Å². The Morgan fingerprint density at radius 3 is 3.00 bits per heavy atom. The Hall–Kier alpha value is -1.24. The summed E-state index contributed by atoms with van der Waals surface area (Å²) in [5, 5.41) is 4.68. The summed E-state index contributed by atoms with van der Waals surface area (Å²) in [6, 6.07) is 8.47. The average molecular weight is 334 g/mol. The third kappa shape index (κ3) is 3.65. The second kappa shape index (κ2) is 7.52. The van der Waals surface area contributed by atoms with Crippen LogP contribution in [0, 0.1) is 12.3 Å². The van der Waals surface area contributed by atoms with Gasteiger partial charge in [0.05, 0.1) is 10.5 Å². The minimum Gasteiger partial charge on any atom is -0.458 e. The molecule has 3 heteroatoms. The summed E-state index contributed by atoms with van der Waals surface area (Å²) in [5.41, 5.74) is 0.919. The third-order valence-corrected chi connectivity index (χ3v) is 3.94. The van der Waals surface area contributed by atoms with Crippen LogP contribution < -0.4 is 5.32 Å². The molecule has 1 aromatic heterocycles. The number of benzene rings is 1. The maximum absolute atomic E-state index is 6.03. The molecule has 1 unspecified atom stereocenters. The number of halogens is 1. The van der Waals surface area contributed by atoms with Crippen LogP contribution in [-0.4, -0.2) is 6.54 Å². The fraction of sp³-hybridized carbons (Fsp3) is 0.412. The van der Waals surface area contributed by atoms with Crippen LogP contribution in [0.1, 0.15) is 44.4 Å². The smallest absolute Gasteiger partial charge is 0.148 e. The second-order valence-corrected chi connectivity index (χ2v) is 5.76. The molecule has 2 aromatic rings. The van der Waals surface area contributed by atoms with Crippen LogP contribution in [0.3, 0.4) is 0 Å². The molecule has 0 radical (unpaired) electrons. The maximum atomic E-state index is 6.03. The summed E-state index contributed by atoms with van der Waals surface area (Å²) < 4.78 is 7.03. The zero-order valence-corrected chi connectivity index (χ0v) is 13.4. The highest BCUT2D eigenvalue weighted by Gasteiger charge is 2.16. The molecule has 2 nitrogen and oxygen atoms in total. The predicted molar refractivity (Wildman–Crippen MR) is 87.6 cm³/mol. The number of furan rings is 1. The van der Waals surface area contributed by atoms with Gasteiger partial charge in [0.15, 0.2) is 0 Å². The lowest BCUT2D eigenvalue weighted by atomic mass is 10.1. The summed E-state index contributed by atoms with van der Waals surface area (Å²) in [6.07, 6.45) is 9.27. The molecule has 1 atom stereocenters. The van der Waals surface area contributed by atoms with Crippen molar-refractivity contribution in [2.24, 2.45) is 0 Å². The minimum absolute atomic E-state index is 0.239. The number of para-hydroxylation sites is 1. The molecule has 20 heavy (non-hydrogen) atoms. The first-order valence-electron chi connectivity index (χ1n) is 7.11. The van der Waals surface area contributed by atoms with Crippen LogP contribution >= 0.6 is 15.9 Å². The van der Waals surface area contributed by atoms with Gasteiger partial charge in [0.25, 0.3) is 0 Å².